The topological polar surface area (TPSA) is 47.9 Å². The third-order valence-electron chi connectivity index (χ3n) is 1.14. The maximum atomic E-state index is 8.92. The molecule has 0 aliphatic carbocycles. The molecule has 0 aromatic rings. The standard InChI is InChI=1S/C6H12O4S/c1-2-8-9-3-6-10-5(7)4-11-6/h5-7H,2-4H2,1H3. The van der Waals surface area contributed by atoms with Gasteiger partial charge in [-0.05, 0) is 6.92 Å². The summed E-state index contributed by atoms with van der Waals surface area (Å²) in [5.41, 5.74) is -0.0865. The number of aliphatic hydroxyl groups is 1. The van der Waals surface area contributed by atoms with Crippen LogP contribution in [0.25, 0.3) is 0 Å². The molecular weight excluding hydrogens is 168 g/mol. The van der Waals surface area contributed by atoms with Gasteiger partial charge < -0.3 is 9.84 Å². The van der Waals surface area contributed by atoms with Crippen molar-refractivity contribution >= 4 is 11.8 Å². The van der Waals surface area contributed by atoms with Gasteiger partial charge >= 0.3 is 0 Å². The smallest absolute Gasteiger partial charge is 0.165 e. The number of thioether (sulfide) groups is 1. The fourth-order valence-electron chi connectivity index (χ4n) is 0.718. The number of ether oxygens (including phenoxy) is 1. The molecular formula is C6H12O4S. The number of hydrogen-bond donors (Lipinski definition) is 1. The Balaban J connectivity index is 1.99. The molecule has 1 heterocycles. The summed E-state index contributed by atoms with van der Waals surface area (Å²) in [7, 11) is 0. The third kappa shape index (κ3) is 3.39. The van der Waals surface area contributed by atoms with Crippen molar-refractivity contribution in [3.63, 3.8) is 0 Å². The summed E-state index contributed by atoms with van der Waals surface area (Å²) in [4.78, 5) is 9.41. The third-order valence-corrected chi connectivity index (χ3v) is 2.24. The highest BCUT2D eigenvalue weighted by molar-refractivity contribution is 8.00. The lowest BCUT2D eigenvalue weighted by atomic mass is 10.7. The molecule has 0 amide bonds. The van der Waals surface area contributed by atoms with E-state index in [9.17, 15) is 0 Å². The Labute approximate surface area is 69.7 Å². The molecule has 2 atom stereocenters. The summed E-state index contributed by atoms with van der Waals surface area (Å²) in [6, 6.07) is 0. The Bertz CT molecular complexity index is 111. The molecule has 11 heavy (non-hydrogen) atoms. The van der Waals surface area contributed by atoms with Crippen LogP contribution in [0.4, 0.5) is 0 Å². The molecule has 0 spiro atoms. The van der Waals surface area contributed by atoms with E-state index < -0.39 is 6.29 Å². The van der Waals surface area contributed by atoms with Crippen molar-refractivity contribution in [2.75, 3.05) is 19.0 Å². The van der Waals surface area contributed by atoms with Crippen LogP contribution in [0.1, 0.15) is 6.92 Å². The van der Waals surface area contributed by atoms with Crippen molar-refractivity contribution in [3.05, 3.63) is 0 Å². The minimum Gasteiger partial charge on any atom is -0.367 e. The lowest BCUT2D eigenvalue weighted by Crippen LogP contribution is -2.15. The van der Waals surface area contributed by atoms with Crippen LogP contribution in [0.2, 0.25) is 0 Å². The van der Waals surface area contributed by atoms with Gasteiger partial charge in [0.2, 0.25) is 0 Å². The molecule has 2 unspecified atom stereocenters. The molecule has 0 saturated carbocycles. The first kappa shape index (κ1) is 9.28. The predicted octanol–water partition coefficient (Wildman–Crippen LogP) is 0.362. The second kappa shape index (κ2) is 4.95. The molecule has 1 aliphatic heterocycles. The molecule has 0 aromatic heterocycles. The van der Waals surface area contributed by atoms with Crippen molar-refractivity contribution in [1.29, 1.82) is 0 Å². The van der Waals surface area contributed by atoms with E-state index in [2.05, 4.69) is 4.89 Å². The maximum absolute atomic E-state index is 8.92. The first-order chi connectivity index (χ1) is 5.33. The lowest BCUT2D eigenvalue weighted by molar-refractivity contribution is -0.301. The van der Waals surface area contributed by atoms with Crippen LogP contribution in [-0.2, 0) is 14.5 Å². The predicted molar refractivity (Wildman–Crippen MR) is 40.9 cm³/mol. The highest BCUT2D eigenvalue weighted by atomic mass is 32.2. The summed E-state index contributed by atoms with van der Waals surface area (Å²) < 4.78 is 5.02. The second-order valence-corrected chi connectivity index (χ2v) is 3.24. The van der Waals surface area contributed by atoms with Crippen LogP contribution in [0.5, 0.6) is 0 Å². The molecule has 1 N–H and O–H groups in total. The van der Waals surface area contributed by atoms with Crippen molar-refractivity contribution in [3.8, 4) is 0 Å². The molecule has 5 heteroatoms. The summed E-state index contributed by atoms with van der Waals surface area (Å²) in [5.74, 6) is 0.611. The second-order valence-electron chi connectivity index (χ2n) is 2.04. The van der Waals surface area contributed by atoms with Gasteiger partial charge in [-0.2, -0.15) is 0 Å². The quantitative estimate of drug-likeness (QED) is 0.384. The first-order valence-electron chi connectivity index (χ1n) is 3.52. The molecule has 66 valence electrons. The maximum Gasteiger partial charge on any atom is 0.165 e. The van der Waals surface area contributed by atoms with Gasteiger partial charge in [-0.1, -0.05) is 0 Å². The number of hydrogen-bond acceptors (Lipinski definition) is 5. The van der Waals surface area contributed by atoms with Crippen LogP contribution in [0, 0.1) is 0 Å². The Morgan fingerprint density at radius 3 is 3.00 bits per heavy atom. The van der Waals surface area contributed by atoms with Crippen molar-refractivity contribution in [2.24, 2.45) is 0 Å². The van der Waals surface area contributed by atoms with E-state index in [1.807, 2.05) is 6.92 Å². The first-order valence-corrected chi connectivity index (χ1v) is 4.57. The SMILES string of the molecule is CCOOCC1OC(O)CS1. The Hall–Kier alpha value is 0.190. The van der Waals surface area contributed by atoms with Gasteiger partial charge in [-0.3, -0.25) is 0 Å². The van der Waals surface area contributed by atoms with Crippen LogP contribution < -0.4 is 0 Å². The van der Waals surface area contributed by atoms with Crippen molar-refractivity contribution < 1.29 is 19.6 Å². The Morgan fingerprint density at radius 2 is 2.45 bits per heavy atom. The normalized spacial score (nSPS) is 31.1. The average molecular weight is 180 g/mol. The molecule has 0 aromatic carbocycles. The van der Waals surface area contributed by atoms with Crippen LogP contribution in [0.3, 0.4) is 0 Å². The van der Waals surface area contributed by atoms with Crippen LogP contribution >= 0.6 is 11.8 Å². The van der Waals surface area contributed by atoms with Gasteiger partial charge in [0, 0.05) is 5.75 Å². The molecule has 4 nitrogen and oxygen atoms in total. The average Bonchev–Trinajstić information content (AvgIpc) is 2.37. The minimum absolute atomic E-state index is 0.0865. The number of aliphatic hydroxyl groups excluding tert-OH is 1. The zero-order valence-electron chi connectivity index (χ0n) is 6.36. The highest BCUT2D eigenvalue weighted by Crippen LogP contribution is 2.23. The molecule has 1 rings (SSSR count). The Morgan fingerprint density at radius 1 is 1.64 bits per heavy atom. The van der Waals surface area contributed by atoms with Gasteiger partial charge in [-0.25, -0.2) is 9.78 Å². The summed E-state index contributed by atoms with van der Waals surface area (Å²) >= 11 is 1.52. The molecule has 1 aliphatic rings. The van der Waals surface area contributed by atoms with Crippen LogP contribution in [0.15, 0.2) is 0 Å². The molecule has 1 fully saturated rings. The fourth-order valence-corrected chi connectivity index (χ4v) is 1.53. The van der Waals surface area contributed by atoms with Crippen LogP contribution in [-0.4, -0.2) is 35.8 Å². The van der Waals surface area contributed by atoms with Gasteiger partial charge in [0.15, 0.2) is 6.29 Å². The summed E-state index contributed by atoms with van der Waals surface area (Å²) in [6.07, 6.45) is -0.643. The van der Waals surface area contributed by atoms with E-state index in [-0.39, 0.29) is 5.44 Å². The largest absolute Gasteiger partial charge is 0.367 e. The van der Waals surface area contributed by atoms with E-state index in [0.717, 1.165) is 0 Å². The van der Waals surface area contributed by atoms with Gasteiger partial charge in [-0.15, -0.1) is 11.8 Å². The van der Waals surface area contributed by atoms with E-state index in [4.69, 9.17) is 14.7 Å². The minimum atomic E-state index is -0.643. The van der Waals surface area contributed by atoms with Crippen molar-refractivity contribution in [1.82, 2.24) is 0 Å². The monoisotopic (exact) mass is 180 g/mol. The Kier molecular flexibility index (Phi) is 4.17. The number of rotatable bonds is 4. The lowest BCUT2D eigenvalue weighted by Gasteiger charge is -2.07. The van der Waals surface area contributed by atoms with E-state index in [1.54, 1.807) is 0 Å². The zero-order chi connectivity index (χ0) is 8.10. The fraction of sp³-hybridized carbons (Fsp3) is 1.00. The van der Waals surface area contributed by atoms with E-state index >= 15 is 0 Å². The zero-order valence-corrected chi connectivity index (χ0v) is 7.17. The van der Waals surface area contributed by atoms with Gasteiger partial charge in [0.05, 0.1) is 6.61 Å². The molecule has 1 saturated heterocycles. The van der Waals surface area contributed by atoms with Gasteiger partial charge in [0.25, 0.3) is 0 Å². The van der Waals surface area contributed by atoms with Crippen molar-refractivity contribution in [2.45, 2.75) is 18.6 Å². The summed E-state index contributed by atoms with van der Waals surface area (Å²) in [5, 5.41) is 8.92. The molecule has 0 bridgehead atoms. The van der Waals surface area contributed by atoms with E-state index in [0.29, 0.717) is 19.0 Å². The van der Waals surface area contributed by atoms with Gasteiger partial charge in [0.1, 0.15) is 12.0 Å². The summed E-state index contributed by atoms with van der Waals surface area (Å²) in [6.45, 7) is 2.74. The highest BCUT2D eigenvalue weighted by Gasteiger charge is 2.23. The molecule has 0 radical (unpaired) electrons. The van der Waals surface area contributed by atoms with E-state index in [1.165, 1.54) is 11.8 Å².